The molecular formula is C19H25BN2O4. The van der Waals surface area contributed by atoms with Crippen molar-refractivity contribution in [2.45, 2.75) is 52.4 Å². The zero-order chi connectivity index (χ0) is 19.1. The van der Waals surface area contributed by atoms with Crippen molar-refractivity contribution < 1.29 is 14.0 Å². The first-order chi connectivity index (χ1) is 12.1. The predicted molar refractivity (Wildman–Crippen MR) is 101 cm³/mol. The highest BCUT2D eigenvalue weighted by atomic mass is 16.7. The summed E-state index contributed by atoms with van der Waals surface area (Å²) in [5.41, 5.74) is 1.52. The summed E-state index contributed by atoms with van der Waals surface area (Å²) < 4.78 is 19.4. The maximum absolute atomic E-state index is 12.1. The summed E-state index contributed by atoms with van der Waals surface area (Å²) >= 11 is 0. The number of aryl methyl sites for hydroxylation is 1. The molecule has 0 spiro atoms. The zero-order valence-electron chi connectivity index (χ0n) is 16.2. The van der Waals surface area contributed by atoms with E-state index in [4.69, 9.17) is 14.0 Å². The summed E-state index contributed by atoms with van der Waals surface area (Å²) in [5, 5.41) is 0. The third-order valence-electron chi connectivity index (χ3n) is 5.17. The Hall–Kier alpha value is -2.12. The van der Waals surface area contributed by atoms with Crippen LogP contribution in [0.1, 0.15) is 39.0 Å². The van der Waals surface area contributed by atoms with E-state index in [0.29, 0.717) is 18.0 Å². The van der Waals surface area contributed by atoms with E-state index >= 15 is 0 Å². The Bertz CT molecular complexity index is 860. The molecule has 138 valence electrons. The van der Waals surface area contributed by atoms with Crippen LogP contribution in [0.25, 0.3) is 0 Å². The largest absolute Gasteiger partial charge is 0.498 e. The van der Waals surface area contributed by atoms with Crippen LogP contribution < -0.4 is 15.8 Å². The number of nitrogens with zero attached hydrogens (tertiary/aromatic N) is 2. The van der Waals surface area contributed by atoms with Crippen molar-refractivity contribution in [1.82, 2.24) is 9.55 Å². The molecule has 26 heavy (non-hydrogen) atoms. The van der Waals surface area contributed by atoms with Crippen LogP contribution in [0.4, 0.5) is 0 Å². The van der Waals surface area contributed by atoms with Crippen molar-refractivity contribution in [1.29, 1.82) is 0 Å². The third kappa shape index (κ3) is 3.41. The van der Waals surface area contributed by atoms with Gasteiger partial charge in [-0.3, -0.25) is 9.36 Å². The van der Waals surface area contributed by atoms with E-state index in [9.17, 15) is 4.79 Å². The Kier molecular flexibility index (Phi) is 4.71. The van der Waals surface area contributed by atoms with Crippen LogP contribution in [0.15, 0.2) is 35.4 Å². The first-order valence-corrected chi connectivity index (χ1v) is 8.68. The molecule has 0 bridgehead atoms. The highest BCUT2D eigenvalue weighted by Crippen LogP contribution is 2.37. The van der Waals surface area contributed by atoms with E-state index in [1.807, 2.05) is 45.9 Å². The first kappa shape index (κ1) is 18.7. The van der Waals surface area contributed by atoms with Crippen molar-refractivity contribution in [3.8, 4) is 5.75 Å². The molecule has 1 aromatic carbocycles. The van der Waals surface area contributed by atoms with E-state index < -0.39 is 18.3 Å². The fourth-order valence-corrected chi connectivity index (χ4v) is 2.87. The van der Waals surface area contributed by atoms with Crippen LogP contribution in [0, 0.1) is 6.92 Å². The smallest absolute Gasteiger partial charge is 0.497 e. The van der Waals surface area contributed by atoms with E-state index in [0.717, 1.165) is 11.0 Å². The number of aromatic nitrogens is 2. The molecule has 2 heterocycles. The van der Waals surface area contributed by atoms with E-state index in [2.05, 4.69) is 4.98 Å². The average Bonchev–Trinajstić information content (AvgIpc) is 2.78. The molecule has 1 saturated heterocycles. The quantitative estimate of drug-likeness (QED) is 0.784. The minimum atomic E-state index is -0.525. The molecule has 7 heteroatoms. The summed E-state index contributed by atoms with van der Waals surface area (Å²) in [6.07, 6.45) is 1.57. The molecule has 1 aromatic heterocycles. The van der Waals surface area contributed by atoms with Gasteiger partial charge in [-0.2, -0.15) is 0 Å². The molecule has 0 saturated carbocycles. The fourth-order valence-electron chi connectivity index (χ4n) is 2.87. The van der Waals surface area contributed by atoms with Gasteiger partial charge in [-0.05, 0) is 46.2 Å². The van der Waals surface area contributed by atoms with Crippen molar-refractivity contribution in [3.63, 3.8) is 0 Å². The molecule has 0 N–H and O–H groups in total. The van der Waals surface area contributed by atoms with Gasteiger partial charge in [0.2, 0.25) is 0 Å². The standard InChI is InChI=1S/C19H25BN2O4/c1-13-9-17(23)22(12-21-13)11-14-7-8-16(24-6)15(10-14)20-25-18(2,3)19(4,5)26-20/h7-10,12H,11H2,1-6H3. The van der Waals surface area contributed by atoms with Crippen molar-refractivity contribution in [2.24, 2.45) is 0 Å². The summed E-state index contributed by atoms with van der Waals surface area (Å²) in [6.45, 7) is 10.3. The van der Waals surface area contributed by atoms with Crippen molar-refractivity contribution in [2.75, 3.05) is 7.11 Å². The molecule has 1 aliphatic rings. The van der Waals surface area contributed by atoms with Crippen LogP contribution >= 0.6 is 0 Å². The van der Waals surface area contributed by atoms with Crippen LogP contribution in [-0.2, 0) is 15.9 Å². The normalized spacial score (nSPS) is 18.2. The second-order valence-electron chi connectivity index (χ2n) is 7.66. The number of hydrogen-bond acceptors (Lipinski definition) is 5. The lowest BCUT2D eigenvalue weighted by Crippen LogP contribution is -2.41. The minimum Gasteiger partial charge on any atom is -0.497 e. The highest BCUT2D eigenvalue weighted by molar-refractivity contribution is 6.63. The second-order valence-corrected chi connectivity index (χ2v) is 7.66. The molecule has 6 nitrogen and oxygen atoms in total. The lowest BCUT2D eigenvalue weighted by atomic mass is 9.77. The van der Waals surface area contributed by atoms with E-state index in [-0.39, 0.29) is 5.56 Å². The molecule has 0 radical (unpaired) electrons. The Labute approximate surface area is 154 Å². The number of ether oxygens (including phenoxy) is 1. The SMILES string of the molecule is COc1ccc(Cn2cnc(C)cc2=O)cc1B1OC(C)(C)C(C)(C)O1. The Morgan fingerprint density at radius 2 is 1.81 bits per heavy atom. The molecular weight excluding hydrogens is 331 g/mol. The van der Waals surface area contributed by atoms with Gasteiger partial charge >= 0.3 is 7.12 Å². The Balaban J connectivity index is 1.94. The lowest BCUT2D eigenvalue weighted by molar-refractivity contribution is 0.00578. The predicted octanol–water partition coefficient (Wildman–Crippen LogP) is 1.91. The van der Waals surface area contributed by atoms with Crippen molar-refractivity contribution >= 4 is 12.6 Å². The van der Waals surface area contributed by atoms with Gasteiger partial charge in [0.05, 0.1) is 31.2 Å². The molecule has 3 rings (SSSR count). The molecule has 1 aliphatic heterocycles. The summed E-state index contributed by atoms with van der Waals surface area (Å²) in [7, 11) is 1.10. The fraction of sp³-hybridized carbons (Fsp3) is 0.474. The zero-order valence-corrected chi connectivity index (χ0v) is 16.2. The molecule has 2 aromatic rings. The summed E-state index contributed by atoms with van der Waals surface area (Å²) in [5.74, 6) is 0.696. The van der Waals surface area contributed by atoms with Gasteiger partial charge in [0, 0.05) is 17.2 Å². The number of methoxy groups -OCH3 is 1. The van der Waals surface area contributed by atoms with Gasteiger partial charge < -0.3 is 14.0 Å². The van der Waals surface area contributed by atoms with E-state index in [1.165, 1.54) is 6.07 Å². The van der Waals surface area contributed by atoms with Gasteiger partial charge in [-0.25, -0.2) is 4.98 Å². The lowest BCUT2D eigenvalue weighted by Gasteiger charge is -2.32. The van der Waals surface area contributed by atoms with Gasteiger partial charge in [-0.15, -0.1) is 0 Å². The average molecular weight is 356 g/mol. The first-order valence-electron chi connectivity index (χ1n) is 8.68. The molecule has 0 atom stereocenters. The summed E-state index contributed by atoms with van der Waals surface area (Å²) in [6, 6.07) is 7.30. The Morgan fingerprint density at radius 1 is 1.15 bits per heavy atom. The van der Waals surface area contributed by atoms with Gasteiger partial charge in [0.1, 0.15) is 5.75 Å². The van der Waals surface area contributed by atoms with Crippen LogP contribution in [0.3, 0.4) is 0 Å². The maximum atomic E-state index is 12.1. The van der Waals surface area contributed by atoms with Gasteiger partial charge in [-0.1, -0.05) is 12.1 Å². The number of benzene rings is 1. The monoisotopic (exact) mass is 356 g/mol. The van der Waals surface area contributed by atoms with Crippen LogP contribution in [0.2, 0.25) is 0 Å². The Morgan fingerprint density at radius 3 is 2.38 bits per heavy atom. The van der Waals surface area contributed by atoms with Crippen LogP contribution in [0.5, 0.6) is 5.75 Å². The number of hydrogen-bond donors (Lipinski definition) is 0. The van der Waals surface area contributed by atoms with Crippen molar-refractivity contribution in [3.05, 3.63) is 52.2 Å². The summed E-state index contributed by atoms with van der Waals surface area (Å²) in [4.78, 5) is 16.3. The molecule has 0 unspecified atom stereocenters. The molecule has 1 fully saturated rings. The van der Waals surface area contributed by atoms with Gasteiger partial charge in [0.25, 0.3) is 5.56 Å². The van der Waals surface area contributed by atoms with Gasteiger partial charge in [0.15, 0.2) is 0 Å². The minimum absolute atomic E-state index is 0.0782. The maximum Gasteiger partial charge on any atom is 0.498 e. The number of rotatable bonds is 4. The third-order valence-corrected chi connectivity index (χ3v) is 5.17. The second kappa shape index (κ2) is 6.56. The molecule has 0 amide bonds. The molecule has 0 aliphatic carbocycles. The van der Waals surface area contributed by atoms with Crippen LogP contribution in [-0.4, -0.2) is 35.0 Å². The highest BCUT2D eigenvalue weighted by Gasteiger charge is 2.52. The van der Waals surface area contributed by atoms with E-state index in [1.54, 1.807) is 24.9 Å². The topological polar surface area (TPSA) is 62.6 Å².